The number of urea groups is 1. The average molecular weight is 194 g/mol. The van der Waals surface area contributed by atoms with Crippen molar-refractivity contribution in [2.24, 2.45) is 10.9 Å². The second-order valence-electron chi connectivity index (χ2n) is 1.85. The Hall–Kier alpha value is -2.54. The monoisotopic (exact) mass is 194 g/mol. The summed E-state index contributed by atoms with van der Waals surface area (Å²) in [4.78, 5) is 25.4. The van der Waals surface area contributed by atoms with E-state index in [9.17, 15) is 9.59 Å². The van der Waals surface area contributed by atoms with Crippen LogP contribution in [-0.4, -0.2) is 24.3 Å². The molecule has 0 fully saturated rings. The van der Waals surface area contributed by atoms with Crippen molar-refractivity contribution in [3.05, 3.63) is 0 Å². The average Bonchev–Trinajstić information content (AvgIpc) is 2.11. The molecule has 72 valence electrons. The quantitative estimate of drug-likeness (QED) is 0.251. The molecule has 0 saturated carbocycles. The van der Waals surface area contributed by atoms with Crippen molar-refractivity contribution >= 4 is 17.6 Å². The molecule has 0 aliphatic rings. The molecular formula is C7H6N4O3. The van der Waals surface area contributed by atoms with Crippen molar-refractivity contribution in [1.82, 2.24) is 5.32 Å². The van der Waals surface area contributed by atoms with Gasteiger partial charge in [-0.3, -0.25) is 10.1 Å². The summed E-state index contributed by atoms with van der Waals surface area (Å²) in [7, 11) is 0. The number of primary amides is 1. The molecule has 0 aliphatic heterocycles. The van der Waals surface area contributed by atoms with Crippen molar-refractivity contribution in [3.63, 3.8) is 0 Å². The van der Waals surface area contributed by atoms with Gasteiger partial charge in [0.2, 0.25) is 5.71 Å². The first-order valence-electron chi connectivity index (χ1n) is 3.26. The summed E-state index contributed by atoms with van der Waals surface area (Å²) in [5.74, 6) is 1.02. The van der Waals surface area contributed by atoms with E-state index in [1.54, 1.807) is 5.32 Å². The Labute approximate surface area is 79.5 Å². The summed E-state index contributed by atoms with van der Waals surface area (Å²) in [6, 6.07) is 0.315. The lowest BCUT2D eigenvalue weighted by Crippen LogP contribution is -2.39. The maximum Gasteiger partial charge on any atom is 0.319 e. The van der Waals surface area contributed by atoms with E-state index >= 15 is 0 Å². The van der Waals surface area contributed by atoms with Crippen molar-refractivity contribution in [1.29, 1.82) is 5.26 Å². The molecule has 14 heavy (non-hydrogen) atoms. The number of nitrogens with zero attached hydrogens (tertiary/aromatic N) is 2. The third-order valence-electron chi connectivity index (χ3n) is 0.861. The van der Waals surface area contributed by atoms with E-state index in [2.05, 4.69) is 21.6 Å². The molecule has 0 atom stereocenters. The number of carbonyl (C=O) groups is 2. The topological polar surface area (TPSA) is 118 Å². The van der Waals surface area contributed by atoms with E-state index in [-0.39, 0.29) is 6.61 Å². The molecule has 0 unspecified atom stereocenters. The Morgan fingerprint density at radius 2 is 2.29 bits per heavy atom. The van der Waals surface area contributed by atoms with Gasteiger partial charge in [-0.15, -0.1) is 6.42 Å². The molecule has 0 heterocycles. The van der Waals surface area contributed by atoms with Gasteiger partial charge < -0.3 is 10.6 Å². The molecule has 0 aromatic heterocycles. The molecule has 3 amide bonds. The first-order chi connectivity index (χ1) is 6.61. The number of terminal acetylenes is 1. The van der Waals surface area contributed by atoms with Gasteiger partial charge in [0.05, 0.1) is 0 Å². The zero-order valence-electron chi connectivity index (χ0n) is 6.98. The van der Waals surface area contributed by atoms with Crippen LogP contribution in [0.1, 0.15) is 0 Å². The zero-order chi connectivity index (χ0) is 11.0. The second kappa shape index (κ2) is 6.03. The molecule has 0 saturated heterocycles. The normalized spacial score (nSPS) is 9.43. The summed E-state index contributed by atoms with van der Waals surface area (Å²) < 4.78 is 0. The molecule has 3 N–H and O–H groups in total. The second-order valence-corrected chi connectivity index (χ2v) is 1.85. The van der Waals surface area contributed by atoms with Gasteiger partial charge in [-0.2, -0.15) is 5.26 Å². The molecule has 0 radical (unpaired) electrons. The highest BCUT2D eigenvalue weighted by atomic mass is 16.6. The fraction of sp³-hybridized carbons (Fsp3) is 0.143. The zero-order valence-corrected chi connectivity index (χ0v) is 6.98. The van der Waals surface area contributed by atoms with E-state index in [1.165, 1.54) is 6.07 Å². The number of nitriles is 1. The highest BCUT2D eigenvalue weighted by Crippen LogP contribution is 1.81. The molecule has 0 aromatic carbocycles. The number of amides is 3. The van der Waals surface area contributed by atoms with Crippen LogP contribution in [0.4, 0.5) is 4.79 Å². The van der Waals surface area contributed by atoms with Crippen molar-refractivity contribution in [3.8, 4) is 18.4 Å². The first kappa shape index (κ1) is 11.5. The van der Waals surface area contributed by atoms with Crippen LogP contribution in [0.2, 0.25) is 0 Å². The van der Waals surface area contributed by atoms with Crippen LogP contribution >= 0.6 is 0 Å². The Balaban J connectivity index is 4.36. The van der Waals surface area contributed by atoms with Gasteiger partial charge in [-0.1, -0.05) is 11.1 Å². The van der Waals surface area contributed by atoms with Crippen LogP contribution in [0, 0.1) is 23.7 Å². The van der Waals surface area contributed by atoms with Crippen LogP contribution in [0.25, 0.3) is 0 Å². The minimum atomic E-state index is -1.09. The van der Waals surface area contributed by atoms with Crippen LogP contribution < -0.4 is 11.1 Å². The molecule has 0 aromatic rings. The maximum atomic E-state index is 10.9. The molecule has 0 rings (SSSR count). The largest absolute Gasteiger partial charge is 0.381 e. The third kappa shape index (κ3) is 4.36. The van der Waals surface area contributed by atoms with E-state index in [0.717, 1.165) is 0 Å². The molecular weight excluding hydrogens is 188 g/mol. The predicted octanol–water partition coefficient (Wildman–Crippen LogP) is -1.29. The Bertz CT molecular complexity index is 347. The maximum absolute atomic E-state index is 10.9. The minimum absolute atomic E-state index is 0.185. The van der Waals surface area contributed by atoms with Gasteiger partial charge in [0.15, 0.2) is 6.61 Å². The van der Waals surface area contributed by atoms with Gasteiger partial charge in [-0.05, 0) is 0 Å². The van der Waals surface area contributed by atoms with Crippen molar-refractivity contribution in [2.45, 2.75) is 0 Å². The van der Waals surface area contributed by atoms with E-state index in [1.807, 2.05) is 0 Å². The molecule has 0 spiro atoms. The van der Waals surface area contributed by atoms with E-state index in [0.29, 0.717) is 0 Å². The number of nitrogens with one attached hydrogen (secondary N) is 1. The summed E-state index contributed by atoms with van der Waals surface area (Å²) in [5, 5.41) is 13.1. The standard InChI is InChI=1S/C7H6N4O3/c1-2-3-14-11-5(4-8)6(12)10-7(9)13/h1H,3H2,(H3,9,10,12,13). The molecule has 0 aliphatic carbocycles. The lowest BCUT2D eigenvalue weighted by molar-refractivity contribution is -0.113. The van der Waals surface area contributed by atoms with E-state index in [4.69, 9.17) is 11.7 Å². The summed E-state index contributed by atoms with van der Waals surface area (Å²) >= 11 is 0. The Kier molecular flexibility index (Phi) is 4.94. The molecule has 0 bridgehead atoms. The minimum Gasteiger partial charge on any atom is -0.381 e. The number of hydrogen-bond acceptors (Lipinski definition) is 5. The Morgan fingerprint density at radius 1 is 1.64 bits per heavy atom. The van der Waals surface area contributed by atoms with Gasteiger partial charge in [0.1, 0.15) is 6.07 Å². The van der Waals surface area contributed by atoms with Crippen LogP contribution in [0.5, 0.6) is 0 Å². The van der Waals surface area contributed by atoms with E-state index < -0.39 is 17.6 Å². The number of carbonyl (C=O) groups excluding carboxylic acids is 2. The van der Waals surface area contributed by atoms with Crippen molar-refractivity contribution < 1.29 is 14.4 Å². The van der Waals surface area contributed by atoms with Crippen LogP contribution in [-0.2, 0) is 9.63 Å². The number of imide groups is 1. The molecule has 7 nitrogen and oxygen atoms in total. The highest BCUT2D eigenvalue weighted by Gasteiger charge is 2.13. The van der Waals surface area contributed by atoms with Gasteiger partial charge in [0.25, 0.3) is 5.91 Å². The number of nitrogens with two attached hydrogens (primary N) is 1. The SMILES string of the molecule is C#CCON=C(C#N)C(=O)NC(N)=O. The fourth-order valence-electron chi connectivity index (χ4n) is 0.418. The highest BCUT2D eigenvalue weighted by molar-refractivity contribution is 6.46. The van der Waals surface area contributed by atoms with Gasteiger partial charge >= 0.3 is 6.03 Å². The third-order valence-corrected chi connectivity index (χ3v) is 0.861. The lowest BCUT2D eigenvalue weighted by Gasteiger charge is -1.96. The number of oxime groups is 1. The summed E-state index contributed by atoms with van der Waals surface area (Å²) in [6.07, 6.45) is 4.81. The summed E-state index contributed by atoms with van der Waals surface area (Å²) in [6.45, 7) is -0.185. The van der Waals surface area contributed by atoms with Crippen molar-refractivity contribution in [2.75, 3.05) is 6.61 Å². The predicted molar refractivity (Wildman–Crippen MR) is 45.6 cm³/mol. The van der Waals surface area contributed by atoms with Gasteiger partial charge in [-0.25, -0.2) is 4.79 Å². The molecule has 7 heteroatoms. The first-order valence-corrected chi connectivity index (χ1v) is 3.26. The lowest BCUT2D eigenvalue weighted by atomic mass is 10.4. The smallest absolute Gasteiger partial charge is 0.319 e. The number of hydrogen-bond donors (Lipinski definition) is 2. The van der Waals surface area contributed by atoms with Crippen LogP contribution in [0.3, 0.4) is 0 Å². The Morgan fingerprint density at radius 3 is 2.71 bits per heavy atom. The van der Waals surface area contributed by atoms with Gasteiger partial charge in [0, 0.05) is 0 Å². The van der Waals surface area contributed by atoms with Crippen LogP contribution in [0.15, 0.2) is 5.16 Å². The summed E-state index contributed by atoms with van der Waals surface area (Å²) in [5.41, 5.74) is 3.99. The number of rotatable bonds is 3. The fourth-order valence-corrected chi connectivity index (χ4v) is 0.418.